The molecule has 3 heterocycles. The van der Waals surface area contributed by atoms with E-state index in [4.69, 9.17) is 4.74 Å². The van der Waals surface area contributed by atoms with E-state index in [2.05, 4.69) is 26.8 Å². The summed E-state index contributed by atoms with van der Waals surface area (Å²) in [6, 6.07) is 5.76. The molecule has 1 aliphatic heterocycles. The number of piperidine rings is 1. The highest BCUT2D eigenvalue weighted by Crippen LogP contribution is 2.25. The number of nitrogens with zero attached hydrogens (tertiary/aromatic N) is 5. The molecule has 3 aromatic rings. The molecule has 0 N–H and O–H groups in total. The number of aromatic nitrogens is 3. The number of aryl methyl sites for hydroxylation is 1. The smallest absolute Gasteiger partial charge is 0.225 e. The van der Waals surface area contributed by atoms with Crippen molar-refractivity contribution in [3.05, 3.63) is 70.8 Å². The molecule has 0 amide bonds. The van der Waals surface area contributed by atoms with Gasteiger partial charge in [-0.25, -0.2) is 23.5 Å². The van der Waals surface area contributed by atoms with Crippen LogP contribution in [-0.4, -0.2) is 52.1 Å². The topological polar surface area (TPSA) is 77.2 Å². The molecule has 2 aromatic heterocycles. The number of anilines is 1. The first kappa shape index (κ1) is 24.5. The van der Waals surface area contributed by atoms with Crippen LogP contribution < -0.4 is 9.64 Å². The Bertz CT molecular complexity index is 1140. The maximum atomic E-state index is 14.4. The Morgan fingerprint density at radius 1 is 1.06 bits per heavy atom. The number of benzene rings is 1. The number of rotatable bonds is 8. The maximum absolute atomic E-state index is 14.4. The van der Waals surface area contributed by atoms with Crippen molar-refractivity contribution in [3.63, 3.8) is 0 Å². The largest absolute Gasteiger partial charge is 0.624 e. The van der Waals surface area contributed by atoms with Crippen molar-refractivity contribution in [3.8, 4) is 17.0 Å². The van der Waals surface area contributed by atoms with E-state index in [1.54, 1.807) is 25.3 Å². The number of ether oxygens (including phenoxy) is 1. The second kappa shape index (κ2) is 11.2. The van der Waals surface area contributed by atoms with Crippen LogP contribution in [0.3, 0.4) is 0 Å². The quantitative estimate of drug-likeness (QED) is 0.202. The molecule has 184 valence electrons. The molecule has 9 heteroatoms. The first-order chi connectivity index (χ1) is 17.0. The minimum Gasteiger partial charge on any atom is -0.624 e. The fourth-order valence-electron chi connectivity index (χ4n) is 3.93. The van der Waals surface area contributed by atoms with Crippen LogP contribution in [0.15, 0.2) is 42.9 Å². The van der Waals surface area contributed by atoms with E-state index in [9.17, 15) is 14.0 Å². The van der Waals surface area contributed by atoms with Crippen molar-refractivity contribution >= 4 is 12.2 Å². The van der Waals surface area contributed by atoms with Crippen LogP contribution in [0.5, 0.6) is 5.75 Å². The fourth-order valence-corrected chi connectivity index (χ4v) is 3.93. The Hall–Kier alpha value is -3.62. The van der Waals surface area contributed by atoms with Gasteiger partial charge in [-0.15, -0.1) is 0 Å². The summed E-state index contributed by atoms with van der Waals surface area (Å²) in [5, 5.41) is 11.5. The van der Waals surface area contributed by atoms with Crippen LogP contribution in [0, 0.1) is 22.8 Å². The van der Waals surface area contributed by atoms with Crippen LogP contribution in [0.1, 0.15) is 37.8 Å². The first-order valence-electron chi connectivity index (χ1n) is 11.9. The first-order valence-corrected chi connectivity index (χ1v) is 11.9. The van der Waals surface area contributed by atoms with Gasteiger partial charge in [-0.3, -0.25) is 4.98 Å². The lowest BCUT2D eigenvalue weighted by Gasteiger charge is -2.31. The van der Waals surface area contributed by atoms with Gasteiger partial charge in [0.1, 0.15) is 22.9 Å². The normalized spacial score (nSPS) is 14.9. The Labute approximate surface area is 203 Å². The third-order valence-corrected chi connectivity index (χ3v) is 6.18. The molecule has 0 bridgehead atoms. The lowest BCUT2D eigenvalue weighted by Crippen LogP contribution is -2.36. The summed E-state index contributed by atoms with van der Waals surface area (Å²) in [7, 11) is 0. The molecule has 0 saturated carbocycles. The highest BCUT2D eigenvalue weighted by Gasteiger charge is 2.21. The minimum atomic E-state index is -0.811. The van der Waals surface area contributed by atoms with E-state index in [0.717, 1.165) is 50.1 Å². The van der Waals surface area contributed by atoms with Gasteiger partial charge in [0.25, 0.3) is 0 Å². The van der Waals surface area contributed by atoms with Crippen molar-refractivity contribution in [2.45, 2.75) is 33.1 Å². The zero-order valence-corrected chi connectivity index (χ0v) is 20.0. The van der Waals surface area contributed by atoms with E-state index in [-0.39, 0.29) is 12.1 Å². The van der Waals surface area contributed by atoms with Gasteiger partial charge < -0.3 is 14.8 Å². The van der Waals surface area contributed by atoms with Gasteiger partial charge in [0, 0.05) is 31.0 Å². The molecule has 7 nitrogen and oxygen atoms in total. The summed E-state index contributed by atoms with van der Waals surface area (Å²) in [5.41, 5.74) is 1.48. The predicted molar refractivity (Wildman–Crippen MR) is 131 cm³/mol. The van der Waals surface area contributed by atoms with Gasteiger partial charge >= 0.3 is 0 Å². The summed E-state index contributed by atoms with van der Waals surface area (Å²) in [4.78, 5) is 15.4. The molecule has 0 unspecified atom stereocenters. The van der Waals surface area contributed by atoms with E-state index >= 15 is 0 Å². The summed E-state index contributed by atoms with van der Waals surface area (Å²) in [6.45, 7) is 6.12. The minimum absolute atomic E-state index is 0.101. The van der Waals surface area contributed by atoms with Crippen molar-refractivity contribution in [2.24, 2.45) is 5.92 Å². The zero-order valence-electron chi connectivity index (χ0n) is 20.0. The Morgan fingerprint density at radius 2 is 1.74 bits per heavy atom. The number of hydroxylamine groups is 1. The Morgan fingerprint density at radius 3 is 2.31 bits per heavy atom. The average Bonchev–Trinajstić information content (AvgIpc) is 2.90. The molecular formula is C26H29F2N5O2. The highest BCUT2D eigenvalue weighted by molar-refractivity contribution is 5.78. The molecule has 1 aromatic carbocycles. The molecule has 35 heavy (non-hydrogen) atoms. The monoisotopic (exact) mass is 481 g/mol. The summed E-state index contributed by atoms with van der Waals surface area (Å²) in [6.07, 6.45) is 9.12. The maximum Gasteiger partial charge on any atom is 0.225 e. The van der Waals surface area contributed by atoms with Crippen LogP contribution in [0.25, 0.3) is 11.3 Å². The summed E-state index contributed by atoms with van der Waals surface area (Å²) >= 11 is 0. The van der Waals surface area contributed by atoms with Crippen LogP contribution in [-0.2, 0) is 6.42 Å². The van der Waals surface area contributed by atoms with E-state index in [0.29, 0.717) is 34.3 Å². The molecule has 1 fully saturated rings. The third-order valence-electron chi connectivity index (χ3n) is 6.18. The molecule has 1 aliphatic rings. The molecule has 0 radical (unpaired) electrons. The SMILES string of the molecule is CCc1cnc(N2CCC(COc3ccc(-c4cc(F)c(/C=[N+](\[O-])CC)c(F)c4)nc3)CC2)nc1. The predicted octanol–water partition coefficient (Wildman–Crippen LogP) is 4.62. The van der Waals surface area contributed by atoms with Crippen LogP contribution in [0.2, 0.25) is 0 Å². The summed E-state index contributed by atoms with van der Waals surface area (Å²) in [5.74, 6) is 0.168. The van der Waals surface area contributed by atoms with Gasteiger partial charge in [-0.05, 0) is 61.9 Å². The van der Waals surface area contributed by atoms with Crippen LogP contribution >= 0.6 is 0 Å². The van der Waals surface area contributed by atoms with E-state index in [1.807, 2.05) is 12.4 Å². The molecule has 0 spiro atoms. The average molecular weight is 482 g/mol. The van der Waals surface area contributed by atoms with Crippen molar-refractivity contribution in [1.82, 2.24) is 15.0 Å². The second-order valence-corrected chi connectivity index (χ2v) is 8.58. The molecular weight excluding hydrogens is 452 g/mol. The van der Waals surface area contributed by atoms with Gasteiger partial charge in [-0.2, -0.15) is 0 Å². The molecule has 0 aliphatic carbocycles. The molecule has 0 atom stereocenters. The van der Waals surface area contributed by atoms with Gasteiger partial charge in [0.05, 0.1) is 18.5 Å². The number of hydrogen-bond donors (Lipinski definition) is 0. The van der Waals surface area contributed by atoms with Crippen molar-refractivity contribution in [2.75, 3.05) is 31.1 Å². The van der Waals surface area contributed by atoms with Gasteiger partial charge in [0.15, 0.2) is 12.8 Å². The van der Waals surface area contributed by atoms with Crippen LogP contribution in [0.4, 0.5) is 14.7 Å². The number of pyridine rings is 1. The van der Waals surface area contributed by atoms with Gasteiger partial charge in [-0.1, -0.05) is 6.92 Å². The Balaban J connectivity index is 1.31. The van der Waals surface area contributed by atoms with Crippen molar-refractivity contribution in [1.29, 1.82) is 0 Å². The number of hydrogen-bond acceptors (Lipinski definition) is 6. The number of halogens is 2. The fraction of sp³-hybridized carbons (Fsp3) is 0.385. The zero-order chi connectivity index (χ0) is 24.8. The molecule has 1 saturated heterocycles. The third kappa shape index (κ3) is 6.09. The van der Waals surface area contributed by atoms with E-state index < -0.39 is 11.6 Å². The van der Waals surface area contributed by atoms with E-state index in [1.165, 1.54) is 12.1 Å². The lowest BCUT2D eigenvalue weighted by atomic mass is 9.98. The Kier molecular flexibility index (Phi) is 7.84. The second-order valence-electron chi connectivity index (χ2n) is 8.58. The van der Waals surface area contributed by atoms with Crippen molar-refractivity contribution < 1.29 is 18.3 Å². The standard InChI is InChI=1S/C26H29F2N5O2/c1-3-18-13-30-26(31-14-18)32-9-7-19(8-10-32)17-35-21-5-6-25(29-15-21)20-11-23(27)22(24(28)12-20)16-33(34)4-2/h5-6,11-16,19H,3-4,7-10,17H2,1-2H3/b33-16-. The lowest BCUT2D eigenvalue weighted by molar-refractivity contribution is -0.447. The van der Waals surface area contributed by atoms with Gasteiger partial charge in [0.2, 0.25) is 5.95 Å². The summed E-state index contributed by atoms with van der Waals surface area (Å²) < 4.78 is 35.1. The highest BCUT2D eigenvalue weighted by atomic mass is 19.1. The molecule has 4 rings (SSSR count).